The maximum Gasteiger partial charge on any atom is 0.322 e. The number of nitrogens with two attached hydrogens (primary N) is 1. The van der Waals surface area contributed by atoms with E-state index in [1.807, 2.05) is 0 Å². The summed E-state index contributed by atoms with van der Waals surface area (Å²) in [6, 6.07) is 4.81. The van der Waals surface area contributed by atoms with Gasteiger partial charge in [0.1, 0.15) is 11.6 Å². The third-order valence-electron chi connectivity index (χ3n) is 5.41. The van der Waals surface area contributed by atoms with E-state index >= 15 is 0 Å². The number of anilines is 2. The number of benzene rings is 2. The minimum atomic E-state index is -1.01. The van der Waals surface area contributed by atoms with E-state index in [4.69, 9.17) is 22.1 Å². The molecule has 1 aliphatic heterocycles. The zero-order valence-electron chi connectivity index (χ0n) is 17.6. The molecular formula is C22H21ClF3N5O2. The Morgan fingerprint density at radius 3 is 2.64 bits per heavy atom. The van der Waals surface area contributed by atoms with Gasteiger partial charge in [0.2, 0.25) is 0 Å². The van der Waals surface area contributed by atoms with Crippen molar-refractivity contribution in [2.24, 2.45) is 5.73 Å². The van der Waals surface area contributed by atoms with Crippen molar-refractivity contribution in [2.75, 3.05) is 37.4 Å². The van der Waals surface area contributed by atoms with E-state index in [9.17, 15) is 18.0 Å². The number of nitrogens with zero attached hydrogens (tertiary/aromatic N) is 2. The molecule has 2 heterocycles. The van der Waals surface area contributed by atoms with Gasteiger partial charge in [-0.2, -0.15) is 0 Å². The number of likely N-dealkylation sites (N-methyl/N-ethyl adjacent to an activating group) is 1. The highest BCUT2D eigenvalue weighted by Crippen LogP contribution is 2.38. The molecule has 174 valence electrons. The molecule has 1 aromatic heterocycles. The summed E-state index contributed by atoms with van der Waals surface area (Å²) < 4.78 is 47.4. The molecule has 0 saturated heterocycles. The van der Waals surface area contributed by atoms with E-state index in [0.29, 0.717) is 46.6 Å². The molecule has 33 heavy (non-hydrogen) atoms. The molecule has 11 heteroatoms. The Labute approximate surface area is 192 Å². The Kier molecular flexibility index (Phi) is 6.59. The highest BCUT2D eigenvalue weighted by molar-refractivity contribution is 6.31. The fourth-order valence-corrected chi connectivity index (χ4v) is 3.95. The first-order chi connectivity index (χ1) is 15.8. The Hall–Kier alpha value is -3.08. The number of rotatable bonds is 5. The average molecular weight is 480 g/mol. The number of amides is 2. The van der Waals surface area contributed by atoms with Crippen LogP contribution in [0.15, 0.2) is 30.3 Å². The standard InChI is InChI=1S/C22H21ClF3N5O2/c1-31(22(32)29-11-2-3-15(24)14(23)6-11)19-10-33-9-18-20(19)12-7-16(25)17(26)8-13(12)21(30-18)28-5-4-27/h2-3,6-8,19H,4-5,9-10,27H2,1H3,(H,28,30)(H,29,32). The summed E-state index contributed by atoms with van der Waals surface area (Å²) in [5.74, 6) is -2.28. The number of nitrogens with one attached hydrogen (secondary N) is 2. The first-order valence-electron chi connectivity index (χ1n) is 10.1. The van der Waals surface area contributed by atoms with Gasteiger partial charge in [0, 0.05) is 36.8 Å². The van der Waals surface area contributed by atoms with Crippen LogP contribution in [0.3, 0.4) is 0 Å². The van der Waals surface area contributed by atoms with Crippen LogP contribution in [0.25, 0.3) is 10.8 Å². The maximum atomic E-state index is 14.2. The summed E-state index contributed by atoms with van der Waals surface area (Å²) in [5, 5.41) is 6.32. The van der Waals surface area contributed by atoms with Crippen LogP contribution in [0.4, 0.5) is 29.5 Å². The number of aromatic nitrogens is 1. The molecule has 1 aliphatic rings. The van der Waals surface area contributed by atoms with Gasteiger partial charge in [0.05, 0.1) is 30.0 Å². The quantitative estimate of drug-likeness (QED) is 0.504. The highest BCUT2D eigenvalue weighted by Gasteiger charge is 2.32. The van der Waals surface area contributed by atoms with Crippen molar-refractivity contribution in [3.8, 4) is 0 Å². The van der Waals surface area contributed by atoms with Gasteiger partial charge in [-0.3, -0.25) is 0 Å². The van der Waals surface area contributed by atoms with Crippen molar-refractivity contribution >= 4 is 39.9 Å². The predicted octanol–water partition coefficient (Wildman–Crippen LogP) is 4.41. The molecule has 2 aromatic carbocycles. The Morgan fingerprint density at radius 1 is 1.21 bits per heavy atom. The summed E-state index contributed by atoms with van der Waals surface area (Å²) in [5.41, 5.74) is 6.91. The minimum absolute atomic E-state index is 0.118. The molecule has 0 fully saturated rings. The number of halogens is 4. The number of hydrogen-bond donors (Lipinski definition) is 3. The van der Waals surface area contributed by atoms with Crippen molar-refractivity contribution in [3.63, 3.8) is 0 Å². The van der Waals surface area contributed by atoms with Crippen LogP contribution < -0.4 is 16.4 Å². The normalized spacial score (nSPS) is 15.3. The Bertz CT molecular complexity index is 1230. The Morgan fingerprint density at radius 2 is 1.94 bits per heavy atom. The van der Waals surface area contributed by atoms with Gasteiger partial charge in [0.25, 0.3) is 0 Å². The lowest BCUT2D eigenvalue weighted by molar-refractivity contribution is 0.0529. The second kappa shape index (κ2) is 9.42. The second-order valence-corrected chi connectivity index (χ2v) is 7.96. The fourth-order valence-electron chi connectivity index (χ4n) is 3.77. The lowest BCUT2D eigenvalue weighted by atomic mass is 9.95. The predicted molar refractivity (Wildman–Crippen MR) is 120 cm³/mol. The Balaban J connectivity index is 1.74. The van der Waals surface area contributed by atoms with E-state index in [1.54, 1.807) is 0 Å². The summed E-state index contributed by atoms with van der Waals surface area (Å²) in [7, 11) is 1.54. The van der Waals surface area contributed by atoms with Crippen LogP contribution in [0.1, 0.15) is 17.3 Å². The van der Waals surface area contributed by atoms with E-state index in [1.165, 1.54) is 24.1 Å². The zero-order valence-corrected chi connectivity index (χ0v) is 18.3. The van der Waals surface area contributed by atoms with Crippen molar-refractivity contribution in [2.45, 2.75) is 12.6 Å². The fraction of sp³-hybridized carbons (Fsp3) is 0.273. The zero-order chi connectivity index (χ0) is 23.7. The first-order valence-corrected chi connectivity index (χ1v) is 10.5. The molecule has 7 nitrogen and oxygen atoms in total. The summed E-state index contributed by atoms with van der Waals surface area (Å²) in [6.45, 7) is 0.958. The molecule has 4 rings (SSSR count). The first kappa shape index (κ1) is 23.1. The summed E-state index contributed by atoms with van der Waals surface area (Å²) in [6.07, 6.45) is 0. The maximum absolute atomic E-state index is 14.2. The molecule has 0 radical (unpaired) electrons. The van der Waals surface area contributed by atoms with Crippen molar-refractivity contribution in [1.29, 1.82) is 0 Å². The molecule has 2 amide bonds. The van der Waals surface area contributed by atoms with E-state index in [-0.39, 0.29) is 18.2 Å². The third-order valence-corrected chi connectivity index (χ3v) is 5.70. The minimum Gasteiger partial charge on any atom is -0.373 e. The molecule has 1 unspecified atom stereocenters. The number of fused-ring (bicyclic) bond motifs is 3. The van der Waals surface area contributed by atoms with Gasteiger partial charge in [-0.05, 0) is 35.7 Å². The van der Waals surface area contributed by atoms with Crippen molar-refractivity contribution < 1.29 is 22.7 Å². The molecule has 3 aromatic rings. The molecule has 0 saturated carbocycles. The SMILES string of the molecule is CN(C(=O)Nc1ccc(F)c(Cl)c1)C1COCc2nc(NCCN)c3cc(F)c(F)cc3c21. The van der Waals surface area contributed by atoms with Crippen molar-refractivity contribution in [1.82, 2.24) is 9.88 Å². The van der Waals surface area contributed by atoms with Gasteiger partial charge < -0.3 is 26.0 Å². The lowest BCUT2D eigenvalue weighted by Crippen LogP contribution is -2.39. The van der Waals surface area contributed by atoms with Crippen LogP contribution in [0.2, 0.25) is 5.02 Å². The van der Waals surface area contributed by atoms with Gasteiger partial charge in [-0.15, -0.1) is 0 Å². The topological polar surface area (TPSA) is 92.5 Å². The number of hydrogen-bond acceptors (Lipinski definition) is 5. The molecule has 0 bridgehead atoms. The van der Waals surface area contributed by atoms with Crippen molar-refractivity contribution in [3.05, 3.63) is 64.1 Å². The van der Waals surface area contributed by atoms with Gasteiger partial charge >= 0.3 is 6.03 Å². The number of carbonyl (C=O) groups is 1. The van der Waals surface area contributed by atoms with E-state index < -0.39 is 29.5 Å². The second-order valence-electron chi connectivity index (χ2n) is 7.55. The van der Waals surface area contributed by atoms with Gasteiger partial charge in [-0.1, -0.05) is 11.6 Å². The monoisotopic (exact) mass is 479 g/mol. The van der Waals surface area contributed by atoms with Gasteiger partial charge in [0.15, 0.2) is 11.6 Å². The molecule has 1 atom stereocenters. The number of pyridine rings is 1. The molecule has 4 N–H and O–H groups in total. The van der Waals surface area contributed by atoms with Crippen LogP contribution in [-0.2, 0) is 11.3 Å². The van der Waals surface area contributed by atoms with Crippen LogP contribution in [0, 0.1) is 17.5 Å². The third kappa shape index (κ3) is 4.54. The number of ether oxygens (including phenoxy) is 1. The molecule has 0 spiro atoms. The largest absolute Gasteiger partial charge is 0.373 e. The number of urea groups is 1. The van der Waals surface area contributed by atoms with Crippen LogP contribution in [0.5, 0.6) is 0 Å². The molecular weight excluding hydrogens is 459 g/mol. The summed E-state index contributed by atoms with van der Waals surface area (Å²) in [4.78, 5) is 18.8. The van der Waals surface area contributed by atoms with Crippen LogP contribution in [-0.4, -0.2) is 42.7 Å². The smallest absolute Gasteiger partial charge is 0.322 e. The van der Waals surface area contributed by atoms with Crippen LogP contribution >= 0.6 is 11.6 Å². The van der Waals surface area contributed by atoms with E-state index in [0.717, 1.165) is 18.2 Å². The average Bonchev–Trinajstić information content (AvgIpc) is 2.80. The lowest BCUT2D eigenvalue weighted by Gasteiger charge is -2.34. The summed E-state index contributed by atoms with van der Waals surface area (Å²) >= 11 is 5.79. The number of carbonyl (C=O) groups excluding carboxylic acids is 1. The highest BCUT2D eigenvalue weighted by atomic mass is 35.5. The van der Waals surface area contributed by atoms with Gasteiger partial charge in [-0.25, -0.2) is 22.9 Å². The molecule has 0 aliphatic carbocycles. The van der Waals surface area contributed by atoms with E-state index in [2.05, 4.69) is 15.6 Å².